The topological polar surface area (TPSA) is 66.4 Å². The average molecular weight is 563 g/mol. The maximum atomic E-state index is 12.2. The Bertz CT molecular complexity index is 725. The summed E-state index contributed by atoms with van der Waals surface area (Å²) in [7, 11) is 0. The first kappa shape index (κ1) is 17.1. The highest BCUT2D eigenvalue weighted by molar-refractivity contribution is 9.13. The molecule has 1 aromatic carbocycles. The van der Waals surface area contributed by atoms with Crippen molar-refractivity contribution in [1.82, 2.24) is 0 Å². The Morgan fingerprint density at radius 1 is 1.05 bits per heavy atom. The lowest BCUT2D eigenvalue weighted by molar-refractivity contribution is 0.0698. The van der Waals surface area contributed by atoms with E-state index in [1.807, 2.05) is 0 Å². The van der Waals surface area contributed by atoms with Crippen LogP contribution in [0.5, 0.6) is 0 Å². The van der Waals surface area contributed by atoms with Gasteiger partial charge in [0.25, 0.3) is 5.91 Å². The van der Waals surface area contributed by atoms with E-state index in [0.717, 1.165) is 8.26 Å². The van der Waals surface area contributed by atoms with Gasteiger partial charge in [-0.3, -0.25) is 4.79 Å². The van der Waals surface area contributed by atoms with Gasteiger partial charge in [-0.1, -0.05) is 15.9 Å². The normalized spacial score (nSPS) is 10.5. The highest BCUT2D eigenvalue weighted by Gasteiger charge is 2.19. The maximum absolute atomic E-state index is 12.2. The molecule has 21 heavy (non-hydrogen) atoms. The molecule has 110 valence electrons. The summed E-state index contributed by atoms with van der Waals surface area (Å²) in [5, 5.41) is 11.9. The van der Waals surface area contributed by atoms with Crippen LogP contribution in [0, 0.1) is 0 Å². The van der Waals surface area contributed by atoms with Crippen LogP contribution in [0.4, 0.5) is 5.69 Å². The van der Waals surface area contributed by atoms with Gasteiger partial charge in [0.1, 0.15) is 0 Å². The van der Waals surface area contributed by atoms with E-state index >= 15 is 0 Å². The fourth-order valence-electron chi connectivity index (χ4n) is 1.50. The molecule has 2 aromatic rings. The van der Waals surface area contributed by atoms with Crippen molar-refractivity contribution in [2.75, 3.05) is 5.32 Å². The molecule has 0 saturated carbocycles. The summed E-state index contributed by atoms with van der Waals surface area (Å²) < 4.78 is 2.65. The summed E-state index contributed by atoms with van der Waals surface area (Å²) in [6.07, 6.45) is 0. The number of carbonyl (C=O) groups excluding carboxylic acids is 1. The van der Waals surface area contributed by atoms with Crippen molar-refractivity contribution in [3.63, 3.8) is 0 Å². The number of carboxylic acid groups (broad SMARTS) is 1. The van der Waals surface area contributed by atoms with Gasteiger partial charge in [-0.15, -0.1) is 11.3 Å². The minimum atomic E-state index is -1.12. The summed E-state index contributed by atoms with van der Waals surface area (Å²) in [6.45, 7) is 0. The Morgan fingerprint density at radius 2 is 1.71 bits per heavy atom. The first-order valence-electron chi connectivity index (χ1n) is 5.28. The molecule has 9 heteroatoms. The molecule has 0 radical (unpaired) electrons. The van der Waals surface area contributed by atoms with E-state index in [2.05, 4.69) is 69.0 Å². The number of carbonyl (C=O) groups is 2. The summed E-state index contributed by atoms with van der Waals surface area (Å²) in [4.78, 5) is 24.0. The Labute approximate surface area is 157 Å². The van der Waals surface area contributed by atoms with Crippen LogP contribution in [0.15, 0.2) is 35.4 Å². The second-order valence-electron chi connectivity index (χ2n) is 3.80. The van der Waals surface area contributed by atoms with E-state index in [1.165, 1.54) is 17.4 Å². The van der Waals surface area contributed by atoms with E-state index in [4.69, 9.17) is 0 Å². The monoisotopic (exact) mass is 559 g/mol. The molecule has 0 spiro atoms. The minimum absolute atomic E-state index is 0.000660. The van der Waals surface area contributed by atoms with Crippen LogP contribution in [-0.4, -0.2) is 17.0 Å². The SMILES string of the molecule is O=C(Nc1c(Br)cc(Br)cc1C(=O)O)c1cc(Br)c(Br)s1. The predicted octanol–water partition coefficient (Wildman–Crippen LogP) is 5.75. The molecule has 4 nitrogen and oxygen atoms in total. The lowest BCUT2D eigenvalue weighted by Gasteiger charge is -2.10. The first-order chi connectivity index (χ1) is 9.79. The van der Waals surface area contributed by atoms with Crippen molar-refractivity contribution < 1.29 is 14.7 Å². The maximum Gasteiger partial charge on any atom is 0.337 e. The molecule has 0 atom stereocenters. The van der Waals surface area contributed by atoms with Crippen molar-refractivity contribution in [2.24, 2.45) is 0 Å². The fourth-order valence-corrected chi connectivity index (χ4v) is 4.76. The molecule has 0 aliphatic carbocycles. The molecule has 2 N–H and O–H groups in total. The quantitative estimate of drug-likeness (QED) is 0.501. The zero-order valence-corrected chi connectivity index (χ0v) is 17.1. The van der Waals surface area contributed by atoms with E-state index in [1.54, 1.807) is 12.1 Å². The number of hydrogen-bond donors (Lipinski definition) is 2. The van der Waals surface area contributed by atoms with Gasteiger partial charge >= 0.3 is 5.97 Å². The molecule has 0 aliphatic rings. The van der Waals surface area contributed by atoms with Crippen LogP contribution >= 0.6 is 75.1 Å². The summed E-state index contributed by atoms with van der Waals surface area (Å²) in [5.41, 5.74) is 0.218. The number of hydrogen-bond acceptors (Lipinski definition) is 3. The molecule has 1 aromatic heterocycles. The van der Waals surface area contributed by atoms with Gasteiger partial charge in [-0.2, -0.15) is 0 Å². The number of amides is 1. The predicted molar refractivity (Wildman–Crippen MR) is 96.5 cm³/mol. The van der Waals surface area contributed by atoms with Crippen molar-refractivity contribution >= 4 is 92.6 Å². The number of halogens is 4. The number of nitrogens with one attached hydrogen (secondary N) is 1. The number of benzene rings is 1. The third-order valence-electron chi connectivity index (χ3n) is 2.39. The third kappa shape index (κ3) is 3.95. The van der Waals surface area contributed by atoms with Gasteiger partial charge in [0.15, 0.2) is 0 Å². The Morgan fingerprint density at radius 3 is 2.24 bits per heavy atom. The molecule has 0 unspecified atom stereocenters. The summed E-state index contributed by atoms with van der Waals surface area (Å²) >= 11 is 14.4. The first-order valence-corrected chi connectivity index (χ1v) is 9.27. The average Bonchev–Trinajstić information content (AvgIpc) is 2.72. The van der Waals surface area contributed by atoms with Crippen molar-refractivity contribution in [3.05, 3.63) is 45.8 Å². The minimum Gasteiger partial charge on any atom is -0.478 e. The second-order valence-corrected chi connectivity index (χ2v) is 8.80. The zero-order valence-electron chi connectivity index (χ0n) is 9.92. The molecule has 1 amide bonds. The number of anilines is 1. The molecule has 0 bridgehead atoms. The zero-order chi connectivity index (χ0) is 15.7. The molecule has 0 fully saturated rings. The smallest absolute Gasteiger partial charge is 0.337 e. The lowest BCUT2D eigenvalue weighted by Crippen LogP contribution is -2.14. The van der Waals surface area contributed by atoms with Crippen LogP contribution in [0.25, 0.3) is 0 Å². The summed E-state index contributed by atoms with van der Waals surface area (Å²) in [6, 6.07) is 4.77. The Hall–Kier alpha value is -0.220. The number of carboxylic acids is 1. The number of thiophene rings is 1. The molecule has 0 saturated heterocycles. The van der Waals surface area contributed by atoms with Gasteiger partial charge in [-0.05, 0) is 66.0 Å². The van der Waals surface area contributed by atoms with Crippen LogP contribution < -0.4 is 5.32 Å². The van der Waals surface area contributed by atoms with Crippen molar-refractivity contribution in [1.29, 1.82) is 0 Å². The second kappa shape index (κ2) is 6.91. The highest BCUT2D eigenvalue weighted by Crippen LogP contribution is 2.35. The van der Waals surface area contributed by atoms with Gasteiger partial charge in [-0.25, -0.2) is 4.79 Å². The molecule has 0 aliphatic heterocycles. The van der Waals surface area contributed by atoms with E-state index in [9.17, 15) is 14.7 Å². The van der Waals surface area contributed by atoms with E-state index in [0.29, 0.717) is 13.8 Å². The highest BCUT2D eigenvalue weighted by atomic mass is 79.9. The van der Waals surface area contributed by atoms with Crippen LogP contribution in [0.3, 0.4) is 0 Å². The largest absolute Gasteiger partial charge is 0.478 e. The molecular formula is C12H5Br4NO3S. The van der Waals surface area contributed by atoms with E-state index < -0.39 is 5.97 Å². The lowest BCUT2D eigenvalue weighted by atomic mass is 10.2. The standard InChI is InChI=1S/C12H5Br4NO3S/c13-4-1-5(12(19)20)9(6(14)2-4)17-11(18)8-3-7(15)10(16)21-8/h1-3H,(H,17,18)(H,19,20). The van der Waals surface area contributed by atoms with Gasteiger partial charge < -0.3 is 10.4 Å². The fraction of sp³-hybridized carbons (Fsp3) is 0. The van der Waals surface area contributed by atoms with E-state index in [-0.39, 0.29) is 17.2 Å². The Kier molecular flexibility index (Phi) is 5.64. The van der Waals surface area contributed by atoms with Gasteiger partial charge in [0.05, 0.1) is 19.9 Å². The van der Waals surface area contributed by atoms with Crippen molar-refractivity contribution in [2.45, 2.75) is 0 Å². The van der Waals surface area contributed by atoms with Gasteiger partial charge in [0, 0.05) is 13.4 Å². The molecule has 1 heterocycles. The third-order valence-corrected chi connectivity index (χ3v) is 6.73. The van der Waals surface area contributed by atoms with Crippen LogP contribution in [0.2, 0.25) is 0 Å². The molecule has 2 rings (SSSR count). The van der Waals surface area contributed by atoms with Crippen LogP contribution in [0.1, 0.15) is 20.0 Å². The number of aromatic carboxylic acids is 1. The van der Waals surface area contributed by atoms with Crippen LogP contribution in [-0.2, 0) is 0 Å². The number of rotatable bonds is 3. The van der Waals surface area contributed by atoms with Gasteiger partial charge in [0.2, 0.25) is 0 Å². The summed E-state index contributed by atoms with van der Waals surface area (Å²) in [5.74, 6) is -1.50. The Balaban J connectivity index is 2.39. The van der Waals surface area contributed by atoms with Crippen molar-refractivity contribution in [3.8, 4) is 0 Å². The molecular weight excluding hydrogens is 558 g/mol.